The molecular weight excluding hydrogens is 454 g/mol. The van der Waals surface area contributed by atoms with Gasteiger partial charge in [0.1, 0.15) is 12.4 Å². The lowest BCUT2D eigenvalue weighted by atomic mass is 10.1. The predicted octanol–water partition coefficient (Wildman–Crippen LogP) is 4.97. The highest BCUT2D eigenvalue weighted by molar-refractivity contribution is 6.30. The van der Waals surface area contributed by atoms with Crippen LogP contribution in [0.4, 0.5) is 0 Å². The Labute approximate surface area is 201 Å². The fourth-order valence-electron chi connectivity index (χ4n) is 3.09. The topological polar surface area (TPSA) is 93.5 Å². The Hall–Kier alpha value is -4.10. The minimum absolute atomic E-state index is 0.121. The van der Waals surface area contributed by atoms with E-state index < -0.39 is 5.91 Å². The molecule has 0 saturated carbocycles. The second-order valence-electron chi connectivity index (χ2n) is 7.43. The van der Waals surface area contributed by atoms with Gasteiger partial charge in [0, 0.05) is 29.0 Å². The number of carbonyl (C=O) groups is 2. The first-order valence-corrected chi connectivity index (χ1v) is 11.0. The van der Waals surface area contributed by atoms with Gasteiger partial charge in [0.2, 0.25) is 5.91 Å². The molecule has 0 unspecified atom stereocenters. The number of rotatable bonds is 8. The molecule has 4 rings (SSSR count). The average Bonchev–Trinajstić information content (AvgIpc) is 3.36. The summed E-state index contributed by atoms with van der Waals surface area (Å²) in [7, 11) is 0. The lowest BCUT2D eigenvalue weighted by molar-refractivity contribution is -0.121. The number of aryl methyl sites for hydroxylation is 1. The summed E-state index contributed by atoms with van der Waals surface area (Å²) in [5, 5.41) is 0.643. The molecule has 8 heteroatoms. The van der Waals surface area contributed by atoms with Crippen LogP contribution in [-0.4, -0.2) is 16.8 Å². The number of amides is 2. The summed E-state index contributed by atoms with van der Waals surface area (Å²) in [6.07, 6.45) is 2.07. The second-order valence-corrected chi connectivity index (χ2v) is 7.86. The van der Waals surface area contributed by atoms with Crippen LogP contribution < -0.4 is 15.6 Å². The van der Waals surface area contributed by atoms with Crippen LogP contribution >= 0.6 is 11.6 Å². The number of hydrazine groups is 1. The molecule has 172 valence electrons. The van der Waals surface area contributed by atoms with Crippen molar-refractivity contribution < 1.29 is 18.7 Å². The van der Waals surface area contributed by atoms with Gasteiger partial charge in [0.25, 0.3) is 5.91 Å². The Balaban J connectivity index is 1.20. The van der Waals surface area contributed by atoms with Crippen LogP contribution in [0.5, 0.6) is 5.75 Å². The Morgan fingerprint density at radius 2 is 1.65 bits per heavy atom. The number of hydrogen-bond acceptors (Lipinski definition) is 5. The van der Waals surface area contributed by atoms with Gasteiger partial charge in [0.15, 0.2) is 11.7 Å². The summed E-state index contributed by atoms with van der Waals surface area (Å²) in [6, 6.07) is 23.6. The van der Waals surface area contributed by atoms with Gasteiger partial charge in [-0.05, 0) is 42.0 Å². The molecule has 0 atom stereocenters. The zero-order chi connectivity index (χ0) is 23.8. The number of nitrogens with one attached hydrogen (secondary N) is 2. The Bertz CT molecular complexity index is 1240. The summed E-state index contributed by atoms with van der Waals surface area (Å²) in [5.41, 5.74) is 7.06. The fourth-order valence-corrected chi connectivity index (χ4v) is 3.22. The molecule has 1 heterocycles. The van der Waals surface area contributed by atoms with Gasteiger partial charge in [-0.3, -0.25) is 20.4 Å². The van der Waals surface area contributed by atoms with Crippen molar-refractivity contribution >= 4 is 23.4 Å². The summed E-state index contributed by atoms with van der Waals surface area (Å²) < 4.78 is 11.4. The van der Waals surface area contributed by atoms with Crippen LogP contribution in [0.2, 0.25) is 5.02 Å². The van der Waals surface area contributed by atoms with Gasteiger partial charge >= 0.3 is 0 Å². The highest BCUT2D eigenvalue weighted by Gasteiger charge is 2.11. The van der Waals surface area contributed by atoms with E-state index in [2.05, 4.69) is 15.8 Å². The van der Waals surface area contributed by atoms with E-state index in [9.17, 15) is 9.59 Å². The molecule has 0 aliphatic heterocycles. The zero-order valence-electron chi connectivity index (χ0n) is 18.2. The third-order valence-electron chi connectivity index (χ3n) is 4.93. The maximum atomic E-state index is 12.3. The molecule has 0 aliphatic rings. The first kappa shape index (κ1) is 23.1. The van der Waals surface area contributed by atoms with Gasteiger partial charge in [-0.2, -0.15) is 0 Å². The zero-order valence-corrected chi connectivity index (χ0v) is 18.9. The van der Waals surface area contributed by atoms with Crippen molar-refractivity contribution in [2.75, 3.05) is 0 Å². The monoisotopic (exact) mass is 475 g/mol. The van der Waals surface area contributed by atoms with E-state index in [0.29, 0.717) is 41.0 Å². The van der Waals surface area contributed by atoms with Crippen LogP contribution in [0.3, 0.4) is 0 Å². The van der Waals surface area contributed by atoms with Crippen LogP contribution in [0, 0.1) is 0 Å². The lowest BCUT2D eigenvalue weighted by Gasteiger charge is -2.09. The number of ether oxygens (including phenoxy) is 1. The molecular formula is C26H22ClN3O4. The number of halogens is 1. The van der Waals surface area contributed by atoms with Crippen molar-refractivity contribution in [3.63, 3.8) is 0 Å². The number of benzene rings is 3. The van der Waals surface area contributed by atoms with Gasteiger partial charge in [0.05, 0.1) is 6.20 Å². The lowest BCUT2D eigenvalue weighted by Crippen LogP contribution is -2.41. The van der Waals surface area contributed by atoms with E-state index in [0.717, 1.165) is 11.1 Å². The normalized spacial score (nSPS) is 10.5. The number of oxazole rings is 1. The van der Waals surface area contributed by atoms with Crippen molar-refractivity contribution in [1.82, 2.24) is 15.8 Å². The molecule has 0 fully saturated rings. The molecule has 0 spiro atoms. The molecule has 34 heavy (non-hydrogen) atoms. The maximum Gasteiger partial charge on any atom is 0.269 e. The summed E-state index contributed by atoms with van der Waals surface area (Å²) in [5.74, 6) is 1.04. The number of carbonyl (C=O) groups excluding carboxylic acids is 2. The number of nitrogens with zero attached hydrogens (tertiary/aromatic N) is 1. The molecule has 0 saturated heterocycles. The molecule has 0 bridgehead atoms. The Morgan fingerprint density at radius 3 is 2.38 bits per heavy atom. The van der Waals surface area contributed by atoms with Gasteiger partial charge in [-0.1, -0.05) is 54.1 Å². The quantitative estimate of drug-likeness (QED) is 0.351. The van der Waals surface area contributed by atoms with E-state index in [1.165, 1.54) is 0 Å². The first-order valence-electron chi connectivity index (χ1n) is 10.6. The number of hydrogen-bond donors (Lipinski definition) is 2. The highest BCUT2D eigenvalue weighted by atomic mass is 35.5. The van der Waals surface area contributed by atoms with Crippen molar-refractivity contribution in [3.8, 4) is 17.1 Å². The molecule has 3 aromatic carbocycles. The van der Waals surface area contributed by atoms with Crippen molar-refractivity contribution in [2.45, 2.75) is 19.4 Å². The molecule has 2 N–H and O–H groups in total. The summed E-state index contributed by atoms with van der Waals surface area (Å²) in [4.78, 5) is 28.6. The molecule has 0 radical (unpaired) electrons. The standard InChI is InChI=1S/C26H22ClN3O4/c27-21-10-12-22(13-11-21)33-17-18-6-8-20(9-7-18)26(32)30-29-24(31)14-15-25-28-16-23(34-25)19-4-2-1-3-5-19/h1-13,16H,14-15,17H2,(H,29,31)(H,30,32). The van der Waals surface area contributed by atoms with Crippen molar-refractivity contribution in [2.24, 2.45) is 0 Å². The van der Waals surface area contributed by atoms with Crippen LogP contribution in [0.15, 0.2) is 89.5 Å². The van der Waals surface area contributed by atoms with E-state index >= 15 is 0 Å². The summed E-state index contributed by atoms with van der Waals surface area (Å²) in [6.45, 7) is 0.354. The van der Waals surface area contributed by atoms with Crippen LogP contribution in [0.1, 0.15) is 28.2 Å². The second kappa shape index (κ2) is 11.2. The van der Waals surface area contributed by atoms with Gasteiger partial charge in [-0.25, -0.2) is 4.98 Å². The molecule has 0 aliphatic carbocycles. The van der Waals surface area contributed by atoms with Crippen LogP contribution in [-0.2, 0) is 17.8 Å². The first-order chi connectivity index (χ1) is 16.6. The minimum Gasteiger partial charge on any atom is -0.489 e. The highest BCUT2D eigenvalue weighted by Crippen LogP contribution is 2.20. The van der Waals surface area contributed by atoms with Gasteiger partial charge in [-0.15, -0.1) is 0 Å². The van der Waals surface area contributed by atoms with E-state index in [1.807, 2.05) is 30.3 Å². The molecule has 2 amide bonds. The third-order valence-corrected chi connectivity index (χ3v) is 5.18. The molecule has 1 aromatic heterocycles. The molecule has 4 aromatic rings. The summed E-state index contributed by atoms with van der Waals surface area (Å²) >= 11 is 5.86. The third kappa shape index (κ3) is 6.46. The minimum atomic E-state index is -0.416. The van der Waals surface area contributed by atoms with E-state index in [-0.39, 0.29) is 12.3 Å². The fraction of sp³-hybridized carbons (Fsp3) is 0.115. The van der Waals surface area contributed by atoms with Crippen molar-refractivity contribution in [1.29, 1.82) is 0 Å². The largest absolute Gasteiger partial charge is 0.489 e. The Morgan fingerprint density at radius 1 is 0.912 bits per heavy atom. The van der Waals surface area contributed by atoms with E-state index in [1.54, 1.807) is 54.7 Å². The Kier molecular flexibility index (Phi) is 7.57. The maximum absolute atomic E-state index is 12.3. The number of aromatic nitrogens is 1. The SMILES string of the molecule is O=C(CCc1ncc(-c2ccccc2)o1)NNC(=O)c1ccc(COc2ccc(Cl)cc2)cc1. The smallest absolute Gasteiger partial charge is 0.269 e. The van der Waals surface area contributed by atoms with E-state index in [4.69, 9.17) is 20.8 Å². The van der Waals surface area contributed by atoms with Gasteiger partial charge < -0.3 is 9.15 Å². The average molecular weight is 476 g/mol. The van der Waals surface area contributed by atoms with Crippen molar-refractivity contribution in [3.05, 3.63) is 107 Å². The molecule has 7 nitrogen and oxygen atoms in total. The predicted molar refractivity (Wildman–Crippen MR) is 128 cm³/mol. The van der Waals surface area contributed by atoms with Crippen LogP contribution in [0.25, 0.3) is 11.3 Å².